The van der Waals surface area contributed by atoms with Gasteiger partial charge in [-0.05, 0) is 69.3 Å². The van der Waals surface area contributed by atoms with E-state index in [1.54, 1.807) is 0 Å². The third-order valence-corrected chi connectivity index (χ3v) is 8.04. The van der Waals surface area contributed by atoms with E-state index in [2.05, 4.69) is 5.32 Å². The van der Waals surface area contributed by atoms with Gasteiger partial charge in [0.05, 0.1) is 23.5 Å². The minimum Gasteiger partial charge on any atom is -0.481 e. The number of hydrogen-bond acceptors (Lipinski definition) is 5. The molecule has 0 aromatic carbocycles. The lowest BCUT2D eigenvalue weighted by Crippen LogP contribution is -2.47. The van der Waals surface area contributed by atoms with Gasteiger partial charge in [-0.15, -0.1) is 11.3 Å². The first-order valence-corrected chi connectivity index (χ1v) is 11.8. The molecule has 7 heteroatoms. The number of aryl methyl sites for hydroxylation is 1. The van der Waals surface area contributed by atoms with E-state index >= 15 is 0 Å². The smallest absolute Gasteiger partial charge is 0.341 e. The third-order valence-electron chi connectivity index (χ3n) is 6.83. The van der Waals surface area contributed by atoms with Gasteiger partial charge in [-0.1, -0.05) is 19.1 Å². The van der Waals surface area contributed by atoms with E-state index in [-0.39, 0.29) is 29.8 Å². The molecule has 1 amide bonds. The predicted octanol–water partition coefficient (Wildman–Crippen LogP) is 4.43. The summed E-state index contributed by atoms with van der Waals surface area (Å²) in [6, 6.07) is 0. The van der Waals surface area contributed by atoms with E-state index in [0.29, 0.717) is 10.6 Å². The normalized spacial score (nSPS) is 27.9. The fraction of sp³-hybridized carbons (Fsp3) is 0.609. The Kier molecular flexibility index (Phi) is 6.00. The van der Waals surface area contributed by atoms with E-state index < -0.39 is 17.8 Å². The van der Waals surface area contributed by atoms with Crippen LogP contribution < -0.4 is 5.32 Å². The summed E-state index contributed by atoms with van der Waals surface area (Å²) < 4.78 is 5.60. The quantitative estimate of drug-likeness (QED) is 0.513. The van der Waals surface area contributed by atoms with Gasteiger partial charge in [0.25, 0.3) is 0 Å². The molecule has 4 aliphatic carbocycles. The number of nitrogens with one attached hydrogen (secondary N) is 1. The summed E-state index contributed by atoms with van der Waals surface area (Å²) in [5.74, 6) is -3.09. The van der Waals surface area contributed by atoms with Crippen LogP contribution in [0.15, 0.2) is 12.2 Å². The SMILES string of the molecule is CC[C@H](C)OC(=O)c1c(NC(=O)[C@H]2[C@H](C(=O)O)[C@H]3C=C[C@H]2CC3)sc2c1CCCC2. The molecule has 5 rings (SSSR count). The number of anilines is 1. The summed E-state index contributed by atoms with van der Waals surface area (Å²) in [5, 5.41) is 13.2. The number of aliphatic carboxylic acids is 1. The summed E-state index contributed by atoms with van der Waals surface area (Å²) in [5.41, 5.74) is 1.47. The Labute approximate surface area is 180 Å². The van der Waals surface area contributed by atoms with E-state index in [9.17, 15) is 19.5 Å². The zero-order valence-electron chi connectivity index (χ0n) is 17.5. The van der Waals surface area contributed by atoms with Crippen molar-refractivity contribution >= 4 is 34.2 Å². The van der Waals surface area contributed by atoms with Gasteiger partial charge in [-0.25, -0.2) is 4.79 Å². The van der Waals surface area contributed by atoms with Gasteiger partial charge in [-0.2, -0.15) is 0 Å². The van der Waals surface area contributed by atoms with Crippen LogP contribution in [0.3, 0.4) is 0 Å². The van der Waals surface area contributed by atoms with Crippen molar-refractivity contribution in [2.45, 2.75) is 64.9 Å². The summed E-state index contributed by atoms with van der Waals surface area (Å²) in [6.45, 7) is 3.82. The van der Waals surface area contributed by atoms with Crippen molar-refractivity contribution < 1.29 is 24.2 Å². The number of fused-ring (bicyclic) bond motifs is 3. The van der Waals surface area contributed by atoms with Gasteiger partial charge >= 0.3 is 11.9 Å². The molecule has 2 bridgehead atoms. The maximum absolute atomic E-state index is 13.3. The Bertz CT molecular complexity index is 888. The number of amides is 1. The topological polar surface area (TPSA) is 92.7 Å². The molecule has 0 aliphatic heterocycles. The standard InChI is InChI=1S/C23H29NO5S/c1-3-12(2)29-23(28)19-15-6-4-5-7-16(15)30-21(19)24-20(25)17-13-8-10-14(11-9-13)18(17)22(26)27/h8,10,12-14,17-18H,3-7,9,11H2,1-2H3,(H,24,25)(H,26,27)/t12-,13-,14-,17+,18+/m0/s1. The molecular formula is C23H29NO5S. The maximum atomic E-state index is 13.3. The first kappa shape index (κ1) is 21.1. The molecule has 1 saturated carbocycles. The highest BCUT2D eigenvalue weighted by molar-refractivity contribution is 7.17. The predicted molar refractivity (Wildman–Crippen MR) is 115 cm³/mol. The lowest BCUT2D eigenvalue weighted by molar-refractivity contribution is -0.151. The molecule has 0 saturated heterocycles. The van der Waals surface area contributed by atoms with Crippen molar-refractivity contribution in [3.8, 4) is 0 Å². The van der Waals surface area contributed by atoms with Crippen molar-refractivity contribution in [1.29, 1.82) is 0 Å². The molecule has 1 aromatic rings. The molecular weight excluding hydrogens is 402 g/mol. The molecule has 30 heavy (non-hydrogen) atoms. The van der Waals surface area contributed by atoms with E-state index in [1.807, 2.05) is 26.0 Å². The summed E-state index contributed by atoms with van der Waals surface area (Å²) in [6.07, 6.45) is 9.89. The first-order valence-electron chi connectivity index (χ1n) is 11.0. The number of allylic oxidation sites excluding steroid dienone is 2. The Morgan fingerprint density at radius 3 is 2.47 bits per heavy atom. The molecule has 0 unspecified atom stereocenters. The van der Waals surface area contributed by atoms with Crippen LogP contribution in [0.25, 0.3) is 0 Å². The van der Waals surface area contributed by atoms with Crippen LogP contribution in [-0.2, 0) is 27.2 Å². The zero-order chi connectivity index (χ0) is 21.4. The highest BCUT2D eigenvalue weighted by Gasteiger charge is 2.48. The molecule has 0 radical (unpaired) electrons. The number of rotatable bonds is 6. The van der Waals surface area contributed by atoms with E-state index in [1.165, 1.54) is 11.3 Å². The molecule has 2 N–H and O–H groups in total. The number of hydrogen-bond donors (Lipinski definition) is 2. The molecule has 162 valence electrons. The zero-order valence-corrected chi connectivity index (χ0v) is 18.3. The van der Waals surface area contributed by atoms with E-state index in [0.717, 1.165) is 55.4 Å². The number of carboxylic acids is 1. The number of ether oxygens (including phenoxy) is 1. The second-order valence-corrected chi connectivity index (χ2v) is 9.81. The largest absolute Gasteiger partial charge is 0.481 e. The minimum absolute atomic E-state index is 0.0683. The highest BCUT2D eigenvalue weighted by atomic mass is 32.1. The Morgan fingerprint density at radius 2 is 1.83 bits per heavy atom. The maximum Gasteiger partial charge on any atom is 0.341 e. The van der Waals surface area contributed by atoms with E-state index in [4.69, 9.17) is 4.74 Å². The molecule has 6 nitrogen and oxygen atoms in total. The van der Waals surface area contributed by atoms with Crippen molar-refractivity contribution in [3.63, 3.8) is 0 Å². The van der Waals surface area contributed by atoms with Gasteiger partial charge in [0, 0.05) is 4.88 Å². The minimum atomic E-state index is -0.920. The summed E-state index contributed by atoms with van der Waals surface area (Å²) >= 11 is 1.45. The first-order chi connectivity index (χ1) is 14.4. The van der Waals surface area contributed by atoms with Crippen LogP contribution in [0.5, 0.6) is 0 Å². The van der Waals surface area contributed by atoms with Crippen LogP contribution in [0.4, 0.5) is 5.00 Å². The Morgan fingerprint density at radius 1 is 1.17 bits per heavy atom. The van der Waals surface area contributed by atoms with Gasteiger partial charge in [-0.3, -0.25) is 9.59 Å². The van der Waals surface area contributed by atoms with Crippen molar-refractivity contribution in [3.05, 3.63) is 28.2 Å². The molecule has 4 aliphatic rings. The lowest BCUT2D eigenvalue weighted by Gasteiger charge is -2.41. The summed E-state index contributed by atoms with van der Waals surface area (Å²) in [4.78, 5) is 39.3. The lowest BCUT2D eigenvalue weighted by atomic mass is 9.62. The monoisotopic (exact) mass is 431 g/mol. The van der Waals surface area contributed by atoms with Crippen LogP contribution in [0.2, 0.25) is 0 Å². The number of esters is 1. The summed E-state index contributed by atoms with van der Waals surface area (Å²) in [7, 11) is 0. The van der Waals surface area contributed by atoms with Crippen molar-refractivity contribution in [2.75, 3.05) is 5.32 Å². The van der Waals surface area contributed by atoms with Gasteiger partial charge in [0.15, 0.2) is 0 Å². The number of thiophene rings is 1. The third kappa shape index (κ3) is 3.80. The van der Waals surface area contributed by atoms with Gasteiger partial charge < -0.3 is 15.2 Å². The van der Waals surface area contributed by atoms with Crippen LogP contribution in [0, 0.1) is 23.7 Å². The molecule has 1 fully saturated rings. The fourth-order valence-electron chi connectivity index (χ4n) is 5.08. The van der Waals surface area contributed by atoms with Gasteiger partial charge in [0.1, 0.15) is 5.00 Å². The highest BCUT2D eigenvalue weighted by Crippen LogP contribution is 2.46. The molecule has 1 heterocycles. The fourth-order valence-corrected chi connectivity index (χ4v) is 6.36. The molecule has 1 aromatic heterocycles. The number of carbonyl (C=O) groups is 3. The number of carbonyl (C=O) groups excluding carboxylic acids is 2. The number of carboxylic acid groups (broad SMARTS) is 1. The van der Waals surface area contributed by atoms with Crippen molar-refractivity contribution in [1.82, 2.24) is 0 Å². The Balaban J connectivity index is 1.63. The second-order valence-electron chi connectivity index (χ2n) is 8.71. The molecule has 5 atom stereocenters. The molecule has 0 spiro atoms. The van der Waals surface area contributed by atoms with Crippen LogP contribution in [0.1, 0.15) is 66.8 Å². The Hall–Kier alpha value is -2.15. The van der Waals surface area contributed by atoms with Crippen LogP contribution in [-0.4, -0.2) is 29.1 Å². The van der Waals surface area contributed by atoms with Gasteiger partial charge in [0.2, 0.25) is 5.91 Å². The average molecular weight is 432 g/mol. The van der Waals surface area contributed by atoms with Crippen LogP contribution >= 0.6 is 11.3 Å². The second kappa shape index (κ2) is 8.53. The van der Waals surface area contributed by atoms with Crippen molar-refractivity contribution in [2.24, 2.45) is 23.7 Å². The average Bonchev–Trinajstić information content (AvgIpc) is 3.11.